The smallest absolute Gasteiger partial charge is 0.308 e. The molecule has 3 rings (SSSR count). The number of amides is 2. The molecule has 6 heteroatoms. The van der Waals surface area contributed by atoms with Crippen molar-refractivity contribution in [2.45, 2.75) is 5.37 Å². The molecule has 0 unspecified atom stereocenters. The third kappa shape index (κ3) is 3.02. The molecule has 104 valence electrons. The van der Waals surface area contributed by atoms with Crippen molar-refractivity contribution in [1.82, 2.24) is 4.90 Å². The number of carbonyl (C=O) groups excluding carboxylic acids is 1. The van der Waals surface area contributed by atoms with Gasteiger partial charge in [-0.05, 0) is 29.6 Å². The molecular weight excluding hydrogens is 356 g/mol. The number of nitrogens with one attached hydrogen (secondary N) is 1. The predicted molar refractivity (Wildman–Crippen MR) is 89.4 cm³/mol. The first-order valence-corrected chi connectivity index (χ1v) is 8.94. The number of hydrogen-bond donors (Lipinski definition) is 1. The number of thiophene rings is 1. The molecule has 1 atom stereocenters. The van der Waals surface area contributed by atoms with Crippen LogP contribution in [0.25, 0.3) is 0 Å². The molecule has 2 amide bonds. The number of hydrogen-bond acceptors (Lipinski definition) is 3. The SMILES string of the molecule is O=C(Nc1cccc(Br)c1)N1CCS[C@H]1c1cccs1. The highest BCUT2D eigenvalue weighted by atomic mass is 79.9. The number of nitrogens with zero attached hydrogens (tertiary/aromatic N) is 1. The second-order valence-corrected chi connectivity index (χ2v) is 7.46. The molecule has 1 saturated heterocycles. The van der Waals surface area contributed by atoms with Crippen LogP contribution in [0.1, 0.15) is 10.3 Å². The van der Waals surface area contributed by atoms with Crippen molar-refractivity contribution < 1.29 is 4.79 Å². The summed E-state index contributed by atoms with van der Waals surface area (Å²) < 4.78 is 0.959. The lowest BCUT2D eigenvalue weighted by Crippen LogP contribution is -2.34. The maximum Gasteiger partial charge on any atom is 0.323 e. The fourth-order valence-corrected chi connectivity index (χ4v) is 4.74. The number of anilines is 1. The molecule has 2 heterocycles. The monoisotopic (exact) mass is 368 g/mol. The second-order valence-electron chi connectivity index (χ2n) is 4.37. The van der Waals surface area contributed by atoms with Gasteiger partial charge in [0.25, 0.3) is 0 Å². The quantitative estimate of drug-likeness (QED) is 0.826. The van der Waals surface area contributed by atoms with Gasteiger partial charge in [0, 0.05) is 27.3 Å². The van der Waals surface area contributed by atoms with Crippen molar-refractivity contribution in [3.05, 3.63) is 51.1 Å². The van der Waals surface area contributed by atoms with E-state index in [-0.39, 0.29) is 11.4 Å². The lowest BCUT2D eigenvalue weighted by atomic mass is 10.3. The summed E-state index contributed by atoms with van der Waals surface area (Å²) in [4.78, 5) is 15.6. The van der Waals surface area contributed by atoms with E-state index in [4.69, 9.17) is 0 Å². The topological polar surface area (TPSA) is 32.3 Å². The summed E-state index contributed by atoms with van der Waals surface area (Å²) in [6.07, 6.45) is 0. The Hall–Kier alpha value is -0.980. The average Bonchev–Trinajstić information content (AvgIpc) is 3.09. The Bertz CT molecular complexity index is 603. The van der Waals surface area contributed by atoms with E-state index in [1.165, 1.54) is 4.88 Å². The van der Waals surface area contributed by atoms with E-state index in [2.05, 4.69) is 32.7 Å². The molecule has 3 nitrogen and oxygen atoms in total. The van der Waals surface area contributed by atoms with Gasteiger partial charge < -0.3 is 10.2 Å². The lowest BCUT2D eigenvalue weighted by Gasteiger charge is -2.23. The predicted octanol–water partition coefficient (Wildman–Crippen LogP) is 4.79. The van der Waals surface area contributed by atoms with Gasteiger partial charge in [0.15, 0.2) is 0 Å². The Balaban J connectivity index is 1.73. The van der Waals surface area contributed by atoms with Gasteiger partial charge in [-0.25, -0.2) is 4.79 Å². The molecule has 1 aliphatic heterocycles. The molecule has 1 aromatic carbocycles. The van der Waals surface area contributed by atoms with Crippen LogP contribution in [0, 0.1) is 0 Å². The Morgan fingerprint density at radius 3 is 3.00 bits per heavy atom. The van der Waals surface area contributed by atoms with E-state index in [1.54, 1.807) is 11.3 Å². The third-order valence-corrected chi connectivity index (χ3v) is 5.82. The van der Waals surface area contributed by atoms with Crippen molar-refractivity contribution in [3.63, 3.8) is 0 Å². The van der Waals surface area contributed by atoms with E-state index < -0.39 is 0 Å². The van der Waals surface area contributed by atoms with Crippen LogP contribution < -0.4 is 5.32 Å². The normalized spacial score (nSPS) is 18.2. The fraction of sp³-hybridized carbons (Fsp3) is 0.214. The van der Waals surface area contributed by atoms with Crippen molar-refractivity contribution >= 4 is 50.7 Å². The zero-order valence-corrected chi connectivity index (χ0v) is 13.8. The molecule has 2 aromatic rings. The molecular formula is C14H13BrN2OS2. The summed E-state index contributed by atoms with van der Waals surface area (Å²) in [6.45, 7) is 0.785. The summed E-state index contributed by atoms with van der Waals surface area (Å²) in [5, 5.41) is 5.16. The molecule has 0 spiro atoms. The standard InChI is InChI=1S/C14H13BrN2OS2/c15-10-3-1-4-11(9-10)16-14(18)17-6-8-20-13(17)12-5-2-7-19-12/h1-5,7,9,13H,6,8H2,(H,16,18)/t13-/m0/s1. The number of benzene rings is 1. The molecule has 0 bridgehead atoms. The van der Waals surface area contributed by atoms with Crippen molar-refractivity contribution in [2.75, 3.05) is 17.6 Å². The summed E-state index contributed by atoms with van der Waals surface area (Å²) >= 11 is 6.93. The van der Waals surface area contributed by atoms with E-state index in [9.17, 15) is 4.79 Å². The Labute approximate surface area is 134 Å². The van der Waals surface area contributed by atoms with Crippen LogP contribution in [0.2, 0.25) is 0 Å². The molecule has 0 aliphatic carbocycles. The number of carbonyl (C=O) groups is 1. The Morgan fingerprint density at radius 2 is 2.25 bits per heavy atom. The second kappa shape index (κ2) is 6.20. The number of urea groups is 1. The van der Waals surface area contributed by atoms with E-state index in [0.717, 1.165) is 22.5 Å². The number of thioether (sulfide) groups is 1. The minimum atomic E-state index is -0.0356. The van der Waals surface area contributed by atoms with Crippen molar-refractivity contribution in [3.8, 4) is 0 Å². The Morgan fingerprint density at radius 1 is 1.35 bits per heavy atom. The maximum absolute atomic E-state index is 12.4. The first-order chi connectivity index (χ1) is 9.74. The van der Waals surface area contributed by atoms with Gasteiger partial charge in [0.2, 0.25) is 0 Å². The van der Waals surface area contributed by atoms with Crippen molar-refractivity contribution in [2.24, 2.45) is 0 Å². The van der Waals surface area contributed by atoms with Gasteiger partial charge in [-0.1, -0.05) is 28.1 Å². The zero-order valence-electron chi connectivity index (χ0n) is 10.6. The van der Waals surface area contributed by atoms with Crippen LogP contribution in [0.3, 0.4) is 0 Å². The molecule has 1 aromatic heterocycles. The largest absolute Gasteiger partial charge is 0.323 e. The van der Waals surface area contributed by atoms with E-state index in [0.29, 0.717) is 0 Å². The zero-order chi connectivity index (χ0) is 13.9. The van der Waals surface area contributed by atoms with Gasteiger partial charge >= 0.3 is 6.03 Å². The molecule has 1 N–H and O–H groups in total. The lowest BCUT2D eigenvalue weighted by molar-refractivity contribution is 0.215. The van der Waals surface area contributed by atoms with Crippen molar-refractivity contribution in [1.29, 1.82) is 0 Å². The average molecular weight is 369 g/mol. The van der Waals surface area contributed by atoms with Crippen LogP contribution in [0.15, 0.2) is 46.3 Å². The van der Waals surface area contributed by atoms with Crippen LogP contribution in [0.4, 0.5) is 10.5 Å². The summed E-state index contributed by atoms with van der Waals surface area (Å²) in [5.41, 5.74) is 0.811. The maximum atomic E-state index is 12.4. The molecule has 20 heavy (non-hydrogen) atoms. The highest BCUT2D eigenvalue weighted by Crippen LogP contribution is 2.40. The van der Waals surface area contributed by atoms with Gasteiger partial charge in [-0.3, -0.25) is 0 Å². The number of halogens is 1. The van der Waals surface area contributed by atoms with Crippen LogP contribution in [-0.2, 0) is 0 Å². The fourth-order valence-electron chi connectivity index (χ4n) is 2.11. The van der Waals surface area contributed by atoms with E-state index >= 15 is 0 Å². The first-order valence-electron chi connectivity index (χ1n) is 6.22. The summed E-state index contributed by atoms with van der Waals surface area (Å²) in [6, 6.07) is 11.7. The molecule has 0 radical (unpaired) electrons. The summed E-state index contributed by atoms with van der Waals surface area (Å²) in [7, 11) is 0. The van der Waals surface area contributed by atoms with Gasteiger partial charge in [0.1, 0.15) is 5.37 Å². The van der Waals surface area contributed by atoms with Gasteiger partial charge in [-0.15, -0.1) is 23.1 Å². The minimum absolute atomic E-state index is 0.0356. The van der Waals surface area contributed by atoms with E-state index in [1.807, 2.05) is 47.0 Å². The van der Waals surface area contributed by atoms with Gasteiger partial charge in [-0.2, -0.15) is 0 Å². The van der Waals surface area contributed by atoms with Crippen LogP contribution in [-0.4, -0.2) is 23.2 Å². The highest BCUT2D eigenvalue weighted by Gasteiger charge is 2.31. The van der Waals surface area contributed by atoms with Gasteiger partial charge in [0.05, 0.1) is 0 Å². The number of rotatable bonds is 2. The third-order valence-electron chi connectivity index (χ3n) is 3.01. The Kier molecular flexibility index (Phi) is 4.33. The molecule has 1 aliphatic rings. The highest BCUT2D eigenvalue weighted by molar-refractivity contribution is 9.10. The van der Waals surface area contributed by atoms with Crippen LogP contribution >= 0.6 is 39.0 Å². The first kappa shape index (κ1) is 14.0. The molecule has 0 saturated carbocycles. The summed E-state index contributed by atoms with van der Waals surface area (Å²) in [5.74, 6) is 0.981. The molecule has 1 fully saturated rings. The van der Waals surface area contributed by atoms with Crippen LogP contribution in [0.5, 0.6) is 0 Å². The minimum Gasteiger partial charge on any atom is -0.308 e.